The maximum absolute atomic E-state index is 11.5. The van der Waals surface area contributed by atoms with E-state index in [0.29, 0.717) is 31.1 Å². The summed E-state index contributed by atoms with van der Waals surface area (Å²) in [4.78, 5) is 15.7. The lowest BCUT2D eigenvalue weighted by Gasteiger charge is -2.19. The number of carbonyl (C=O) groups is 1. The zero-order valence-electron chi connectivity index (χ0n) is 13.3. The number of carbonyl (C=O) groups excluding carboxylic acids is 1. The molecule has 0 spiro atoms. The molecule has 1 N–H and O–H groups in total. The maximum atomic E-state index is 11.5. The molecule has 22 heavy (non-hydrogen) atoms. The molecule has 2 aromatic rings. The van der Waals surface area contributed by atoms with Crippen molar-refractivity contribution in [3.05, 3.63) is 35.4 Å². The van der Waals surface area contributed by atoms with Crippen LogP contribution in [-0.4, -0.2) is 28.4 Å². The Bertz CT molecular complexity index is 625. The number of hydrogen-bond donors (Lipinski definition) is 1. The summed E-state index contributed by atoms with van der Waals surface area (Å²) in [6.45, 7) is 7.70. The number of ether oxygens (including phenoxy) is 1. The number of amides is 1. The third-order valence-electron chi connectivity index (χ3n) is 2.65. The first kappa shape index (κ1) is 16.1. The van der Waals surface area contributed by atoms with Gasteiger partial charge < -0.3 is 19.0 Å². The van der Waals surface area contributed by atoms with Crippen molar-refractivity contribution in [2.75, 3.05) is 6.54 Å². The van der Waals surface area contributed by atoms with Crippen LogP contribution >= 0.6 is 0 Å². The highest BCUT2D eigenvalue weighted by Gasteiger charge is 2.16. The van der Waals surface area contributed by atoms with Gasteiger partial charge in [-0.05, 0) is 39.8 Å². The van der Waals surface area contributed by atoms with Crippen molar-refractivity contribution in [1.82, 2.24) is 15.5 Å². The van der Waals surface area contributed by atoms with E-state index in [-0.39, 0.29) is 0 Å². The van der Waals surface area contributed by atoms with E-state index in [1.54, 1.807) is 0 Å². The van der Waals surface area contributed by atoms with Crippen LogP contribution in [0.3, 0.4) is 0 Å². The van der Waals surface area contributed by atoms with Crippen molar-refractivity contribution in [1.29, 1.82) is 0 Å². The Labute approximate surface area is 129 Å². The van der Waals surface area contributed by atoms with Crippen molar-refractivity contribution in [3.8, 4) is 0 Å². The minimum Gasteiger partial charge on any atom is -0.466 e. The number of rotatable bonds is 5. The quantitative estimate of drug-likeness (QED) is 0.913. The second-order valence-electron chi connectivity index (χ2n) is 5.97. The van der Waals surface area contributed by atoms with Crippen LogP contribution in [-0.2, 0) is 17.6 Å². The van der Waals surface area contributed by atoms with E-state index in [9.17, 15) is 4.79 Å². The van der Waals surface area contributed by atoms with Crippen LogP contribution in [0.25, 0.3) is 0 Å². The standard InChI is InChI=1S/C15H21N3O4/c1-10-5-6-11(20-10)9-13-17-12(18-22-13)7-8-16-14(19)21-15(2,3)4/h5-6H,7-9H2,1-4H3,(H,16,19). The summed E-state index contributed by atoms with van der Waals surface area (Å²) in [5.41, 5.74) is -0.509. The van der Waals surface area contributed by atoms with Crippen LogP contribution in [0, 0.1) is 6.92 Å². The van der Waals surface area contributed by atoms with Gasteiger partial charge in [0.15, 0.2) is 5.82 Å². The number of nitrogens with one attached hydrogen (secondary N) is 1. The highest BCUT2D eigenvalue weighted by Crippen LogP contribution is 2.11. The van der Waals surface area contributed by atoms with Crippen LogP contribution in [0.5, 0.6) is 0 Å². The van der Waals surface area contributed by atoms with Crippen LogP contribution in [0.1, 0.15) is 44.0 Å². The van der Waals surface area contributed by atoms with Crippen molar-refractivity contribution < 1.29 is 18.5 Å². The number of furan rings is 1. The van der Waals surface area contributed by atoms with Crippen LogP contribution in [0.15, 0.2) is 21.1 Å². The largest absolute Gasteiger partial charge is 0.466 e. The minimum atomic E-state index is -0.509. The molecule has 7 heteroatoms. The van der Waals surface area contributed by atoms with Crippen molar-refractivity contribution in [2.45, 2.75) is 46.1 Å². The van der Waals surface area contributed by atoms with Gasteiger partial charge in [0.05, 0.1) is 6.42 Å². The topological polar surface area (TPSA) is 90.4 Å². The predicted molar refractivity (Wildman–Crippen MR) is 78.5 cm³/mol. The molecule has 0 aliphatic rings. The Hall–Kier alpha value is -2.31. The highest BCUT2D eigenvalue weighted by molar-refractivity contribution is 5.67. The van der Waals surface area contributed by atoms with Crippen LogP contribution in [0.2, 0.25) is 0 Å². The van der Waals surface area contributed by atoms with Crippen LogP contribution < -0.4 is 5.32 Å². The van der Waals surface area contributed by atoms with E-state index in [1.807, 2.05) is 39.8 Å². The molecule has 0 saturated heterocycles. The average molecular weight is 307 g/mol. The molecule has 2 aromatic heterocycles. The number of aromatic nitrogens is 2. The monoisotopic (exact) mass is 307 g/mol. The summed E-state index contributed by atoms with van der Waals surface area (Å²) in [5, 5.41) is 6.52. The fraction of sp³-hybridized carbons (Fsp3) is 0.533. The van der Waals surface area contributed by atoms with Gasteiger partial charge in [0.25, 0.3) is 0 Å². The Morgan fingerprint density at radius 2 is 2.14 bits per heavy atom. The summed E-state index contributed by atoms with van der Waals surface area (Å²) in [5.74, 6) is 2.65. The molecule has 2 rings (SSSR count). The molecule has 0 saturated carbocycles. The predicted octanol–water partition coefficient (Wildman–Crippen LogP) is 2.63. The molecule has 0 fully saturated rings. The zero-order valence-corrected chi connectivity index (χ0v) is 13.3. The third kappa shape index (κ3) is 5.23. The lowest BCUT2D eigenvalue weighted by Crippen LogP contribution is -2.33. The molecule has 0 unspecified atom stereocenters. The van der Waals surface area contributed by atoms with E-state index < -0.39 is 11.7 Å². The number of nitrogens with zero attached hydrogens (tertiary/aromatic N) is 2. The van der Waals surface area contributed by atoms with E-state index in [1.165, 1.54) is 0 Å². The Morgan fingerprint density at radius 3 is 2.77 bits per heavy atom. The van der Waals surface area contributed by atoms with Gasteiger partial charge in [0, 0.05) is 13.0 Å². The van der Waals surface area contributed by atoms with Gasteiger partial charge in [0.2, 0.25) is 5.89 Å². The molecular weight excluding hydrogens is 286 g/mol. The van der Waals surface area contributed by atoms with Crippen molar-refractivity contribution in [3.63, 3.8) is 0 Å². The summed E-state index contributed by atoms with van der Waals surface area (Å²) in [6, 6.07) is 3.76. The van der Waals surface area contributed by atoms with E-state index >= 15 is 0 Å². The molecule has 120 valence electrons. The van der Waals surface area contributed by atoms with Gasteiger partial charge in [-0.1, -0.05) is 5.16 Å². The fourth-order valence-electron chi connectivity index (χ4n) is 1.78. The normalized spacial score (nSPS) is 11.5. The summed E-state index contributed by atoms with van der Waals surface area (Å²) < 4.78 is 15.7. The minimum absolute atomic E-state index is 0.383. The molecule has 2 heterocycles. The van der Waals surface area contributed by atoms with Gasteiger partial charge >= 0.3 is 6.09 Å². The highest BCUT2D eigenvalue weighted by atomic mass is 16.6. The molecule has 1 amide bonds. The lowest BCUT2D eigenvalue weighted by atomic mass is 10.2. The molecule has 0 radical (unpaired) electrons. The Balaban J connectivity index is 1.76. The summed E-state index contributed by atoms with van der Waals surface area (Å²) in [6.07, 6.45) is 0.475. The second kappa shape index (κ2) is 6.64. The first-order chi connectivity index (χ1) is 10.3. The molecule has 7 nitrogen and oxygen atoms in total. The first-order valence-electron chi connectivity index (χ1n) is 7.15. The van der Waals surface area contributed by atoms with Crippen LogP contribution in [0.4, 0.5) is 4.79 Å². The van der Waals surface area contributed by atoms with Crippen molar-refractivity contribution >= 4 is 6.09 Å². The molecule has 0 atom stereocenters. The number of aryl methyl sites for hydroxylation is 1. The Morgan fingerprint density at radius 1 is 1.36 bits per heavy atom. The smallest absolute Gasteiger partial charge is 0.407 e. The van der Waals surface area contributed by atoms with E-state index in [0.717, 1.165) is 11.5 Å². The molecular formula is C15H21N3O4. The third-order valence-corrected chi connectivity index (χ3v) is 2.65. The molecule has 0 aliphatic heterocycles. The van der Waals surface area contributed by atoms with E-state index in [2.05, 4.69) is 15.5 Å². The summed E-state index contributed by atoms with van der Waals surface area (Å²) in [7, 11) is 0. The molecule has 0 aliphatic carbocycles. The van der Waals surface area contributed by atoms with Gasteiger partial charge in [-0.25, -0.2) is 4.79 Å². The lowest BCUT2D eigenvalue weighted by molar-refractivity contribution is 0.0528. The summed E-state index contributed by atoms with van der Waals surface area (Å²) >= 11 is 0. The zero-order chi connectivity index (χ0) is 16.2. The first-order valence-corrected chi connectivity index (χ1v) is 7.15. The number of hydrogen-bond acceptors (Lipinski definition) is 6. The van der Waals surface area contributed by atoms with Gasteiger partial charge in [-0.15, -0.1) is 0 Å². The molecule has 0 bridgehead atoms. The molecule has 0 aromatic carbocycles. The second-order valence-corrected chi connectivity index (χ2v) is 5.97. The SMILES string of the molecule is Cc1ccc(Cc2nc(CCNC(=O)OC(C)(C)C)no2)o1. The van der Waals surface area contributed by atoms with Gasteiger partial charge in [-0.2, -0.15) is 4.98 Å². The number of alkyl carbamates (subject to hydrolysis) is 1. The fourth-order valence-corrected chi connectivity index (χ4v) is 1.78. The van der Waals surface area contributed by atoms with Gasteiger partial charge in [0.1, 0.15) is 17.1 Å². The van der Waals surface area contributed by atoms with E-state index in [4.69, 9.17) is 13.7 Å². The Kier molecular flexibility index (Phi) is 4.85. The van der Waals surface area contributed by atoms with Crippen molar-refractivity contribution in [2.24, 2.45) is 0 Å². The maximum Gasteiger partial charge on any atom is 0.407 e. The average Bonchev–Trinajstić information content (AvgIpc) is 2.97. The van der Waals surface area contributed by atoms with Gasteiger partial charge in [-0.3, -0.25) is 0 Å².